The lowest BCUT2D eigenvalue weighted by Gasteiger charge is -2.35. The number of nitro benzene ring substituents is 1. The van der Waals surface area contributed by atoms with Crippen molar-refractivity contribution in [1.29, 1.82) is 0 Å². The Morgan fingerprint density at radius 1 is 1.38 bits per heavy atom. The molecule has 0 bridgehead atoms. The van der Waals surface area contributed by atoms with Crippen LogP contribution in [-0.4, -0.2) is 34.8 Å². The first-order chi connectivity index (χ1) is 11.3. The van der Waals surface area contributed by atoms with Crippen molar-refractivity contribution in [3.05, 3.63) is 51.2 Å². The number of imide groups is 1. The highest BCUT2D eigenvalue weighted by Crippen LogP contribution is 2.35. The molecule has 0 saturated heterocycles. The van der Waals surface area contributed by atoms with Crippen LogP contribution in [0.3, 0.4) is 0 Å². The number of rotatable bonds is 3. The van der Waals surface area contributed by atoms with Crippen molar-refractivity contribution in [2.24, 2.45) is 0 Å². The molecule has 0 aliphatic carbocycles. The minimum absolute atomic E-state index is 0.0350. The minimum atomic E-state index is -1.11. The van der Waals surface area contributed by atoms with Gasteiger partial charge in [0.25, 0.3) is 5.69 Å². The van der Waals surface area contributed by atoms with Gasteiger partial charge in [-0.1, -0.05) is 12.1 Å². The van der Waals surface area contributed by atoms with Gasteiger partial charge in [0.1, 0.15) is 6.04 Å². The number of amides is 3. The van der Waals surface area contributed by atoms with E-state index < -0.39 is 28.9 Å². The van der Waals surface area contributed by atoms with Crippen molar-refractivity contribution in [3.8, 4) is 0 Å². The lowest BCUT2D eigenvalue weighted by molar-refractivity contribution is -0.384. The summed E-state index contributed by atoms with van der Waals surface area (Å²) in [4.78, 5) is 47.5. The molecule has 0 spiro atoms. The van der Waals surface area contributed by atoms with Crippen LogP contribution >= 0.6 is 0 Å². The molecular formula is C15H15N3O6. The van der Waals surface area contributed by atoms with Gasteiger partial charge in [-0.25, -0.2) is 9.59 Å². The van der Waals surface area contributed by atoms with E-state index in [4.69, 9.17) is 4.74 Å². The van der Waals surface area contributed by atoms with Crippen LogP contribution in [0.25, 0.3) is 0 Å². The Labute approximate surface area is 137 Å². The van der Waals surface area contributed by atoms with E-state index in [2.05, 4.69) is 5.32 Å². The molecule has 9 nitrogen and oxygen atoms in total. The summed E-state index contributed by atoms with van der Waals surface area (Å²) in [5.41, 5.74) is 0.298. The molecule has 0 fully saturated rings. The fraction of sp³-hybridized carbons (Fsp3) is 0.267. The molecule has 1 N–H and O–H groups in total. The topological polar surface area (TPSA) is 119 Å². The van der Waals surface area contributed by atoms with Crippen LogP contribution in [0.2, 0.25) is 0 Å². The van der Waals surface area contributed by atoms with E-state index in [0.717, 1.165) is 4.90 Å². The molecule has 3 amide bonds. The highest BCUT2D eigenvalue weighted by Gasteiger charge is 2.40. The summed E-state index contributed by atoms with van der Waals surface area (Å²) in [5.74, 6) is -1.35. The molecule has 0 radical (unpaired) electrons. The van der Waals surface area contributed by atoms with Crippen molar-refractivity contribution >= 4 is 23.6 Å². The maximum absolute atomic E-state index is 12.2. The molecule has 2 rings (SSSR count). The van der Waals surface area contributed by atoms with Crippen molar-refractivity contribution in [3.63, 3.8) is 0 Å². The Morgan fingerprint density at radius 3 is 2.58 bits per heavy atom. The number of allylic oxidation sites excluding steroid dienone is 1. The Balaban J connectivity index is 2.69. The van der Waals surface area contributed by atoms with Gasteiger partial charge in [-0.2, -0.15) is 0 Å². The Hall–Kier alpha value is -3.23. The zero-order valence-electron chi connectivity index (χ0n) is 13.2. The van der Waals surface area contributed by atoms with Gasteiger partial charge in [0, 0.05) is 24.8 Å². The van der Waals surface area contributed by atoms with Crippen LogP contribution in [0.4, 0.5) is 10.5 Å². The van der Waals surface area contributed by atoms with Crippen molar-refractivity contribution in [2.75, 3.05) is 7.11 Å². The maximum atomic E-state index is 12.2. The molecule has 0 aromatic heterocycles. The van der Waals surface area contributed by atoms with Gasteiger partial charge in [-0.3, -0.25) is 19.8 Å². The predicted octanol–water partition coefficient (Wildman–Crippen LogP) is 1.65. The number of carbonyl (C=O) groups is 3. The summed E-state index contributed by atoms with van der Waals surface area (Å²) in [6, 6.07) is 3.59. The average Bonchev–Trinajstić information content (AvgIpc) is 2.53. The molecule has 0 saturated carbocycles. The first-order valence-corrected chi connectivity index (χ1v) is 6.92. The molecule has 1 atom stereocenters. The lowest BCUT2D eigenvalue weighted by Crippen LogP contribution is -2.50. The van der Waals surface area contributed by atoms with E-state index in [0.29, 0.717) is 0 Å². The summed E-state index contributed by atoms with van der Waals surface area (Å²) < 4.78 is 4.73. The van der Waals surface area contributed by atoms with Crippen LogP contribution in [0.1, 0.15) is 25.5 Å². The second kappa shape index (κ2) is 6.49. The molecular weight excluding hydrogens is 318 g/mol. The Morgan fingerprint density at radius 2 is 2.04 bits per heavy atom. The third kappa shape index (κ3) is 2.96. The number of ether oxygens (including phenoxy) is 1. The molecule has 1 aromatic rings. The summed E-state index contributed by atoms with van der Waals surface area (Å²) >= 11 is 0. The zero-order chi connectivity index (χ0) is 18.0. The number of esters is 1. The standard InChI is InChI=1S/C15H15N3O6/c1-8-12(14(20)24-3)13(17(9(2)19)15(21)16-8)10-5-4-6-11(7-10)18(22)23/h4-7,13H,1-3H3,(H,16,21)/t13-/m0/s1. The second-order valence-electron chi connectivity index (χ2n) is 5.10. The number of nitro groups is 1. The number of carbonyl (C=O) groups excluding carboxylic acids is 3. The number of nitrogens with one attached hydrogen (secondary N) is 1. The van der Waals surface area contributed by atoms with E-state index in [9.17, 15) is 24.5 Å². The highest BCUT2D eigenvalue weighted by molar-refractivity contribution is 6.01. The number of methoxy groups -OCH3 is 1. The monoisotopic (exact) mass is 333 g/mol. The van der Waals surface area contributed by atoms with Gasteiger partial charge in [0.15, 0.2) is 0 Å². The van der Waals surface area contributed by atoms with Crippen LogP contribution in [-0.2, 0) is 14.3 Å². The van der Waals surface area contributed by atoms with Crippen molar-refractivity contribution < 1.29 is 24.0 Å². The van der Waals surface area contributed by atoms with Crippen LogP contribution in [0.15, 0.2) is 35.5 Å². The van der Waals surface area contributed by atoms with Crippen LogP contribution in [0, 0.1) is 10.1 Å². The molecule has 9 heteroatoms. The number of benzene rings is 1. The van der Waals surface area contributed by atoms with Gasteiger partial charge in [-0.15, -0.1) is 0 Å². The Kier molecular flexibility index (Phi) is 4.63. The SMILES string of the molecule is COC(=O)C1=C(C)NC(=O)N(C(C)=O)[C@H]1c1cccc([N+](=O)[O-])c1. The number of hydrogen-bond donors (Lipinski definition) is 1. The number of non-ortho nitro benzene ring substituents is 1. The van der Waals surface area contributed by atoms with E-state index in [1.807, 2.05) is 0 Å². The first kappa shape index (κ1) is 17.1. The predicted molar refractivity (Wildman–Crippen MR) is 81.6 cm³/mol. The van der Waals surface area contributed by atoms with E-state index in [-0.39, 0.29) is 22.5 Å². The number of urea groups is 1. The van der Waals surface area contributed by atoms with Crippen molar-refractivity contribution in [1.82, 2.24) is 10.2 Å². The Bertz CT molecular complexity index is 770. The molecule has 126 valence electrons. The molecule has 1 heterocycles. The summed E-state index contributed by atoms with van der Waals surface area (Å²) in [6.07, 6.45) is 0. The average molecular weight is 333 g/mol. The molecule has 0 unspecified atom stereocenters. The van der Waals surface area contributed by atoms with Crippen molar-refractivity contribution in [2.45, 2.75) is 19.9 Å². The zero-order valence-corrected chi connectivity index (χ0v) is 13.2. The molecule has 24 heavy (non-hydrogen) atoms. The lowest BCUT2D eigenvalue weighted by atomic mass is 9.93. The van der Waals surface area contributed by atoms with Crippen LogP contribution < -0.4 is 5.32 Å². The van der Waals surface area contributed by atoms with Gasteiger partial charge in [0.2, 0.25) is 5.91 Å². The quantitative estimate of drug-likeness (QED) is 0.510. The fourth-order valence-corrected chi connectivity index (χ4v) is 2.56. The number of hydrogen-bond acceptors (Lipinski definition) is 6. The third-order valence-electron chi connectivity index (χ3n) is 3.59. The summed E-state index contributed by atoms with van der Waals surface area (Å²) in [7, 11) is 1.17. The van der Waals surface area contributed by atoms with Gasteiger partial charge < -0.3 is 10.1 Å². The highest BCUT2D eigenvalue weighted by atomic mass is 16.6. The normalized spacial score (nSPS) is 17.4. The van der Waals surface area contributed by atoms with E-state index in [1.165, 1.54) is 45.2 Å². The first-order valence-electron chi connectivity index (χ1n) is 6.92. The van der Waals surface area contributed by atoms with E-state index in [1.54, 1.807) is 0 Å². The van der Waals surface area contributed by atoms with Gasteiger partial charge in [-0.05, 0) is 12.5 Å². The second-order valence-corrected chi connectivity index (χ2v) is 5.10. The van der Waals surface area contributed by atoms with Gasteiger partial charge in [0.05, 0.1) is 17.6 Å². The number of nitrogens with zero attached hydrogens (tertiary/aromatic N) is 2. The maximum Gasteiger partial charge on any atom is 0.337 e. The fourth-order valence-electron chi connectivity index (χ4n) is 2.56. The smallest absolute Gasteiger partial charge is 0.337 e. The minimum Gasteiger partial charge on any atom is -0.466 e. The largest absolute Gasteiger partial charge is 0.466 e. The third-order valence-corrected chi connectivity index (χ3v) is 3.59. The molecule has 1 aliphatic rings. The van der Waals surface area contributed by atoms with Crippen LogP contribution in [0.5, 0.6) is 0 Å². The van der Waals surface area contributed by atoms with E-state index >= 15 is 0 Å². The summed E-state index contributed by atoms with van der Waals surface area (Å²) in [5, 5.41) is 13.4. The molecule has 1 aromatic carbocycles. The molecule has 1 aliphatic heterocycles. The summed E-state index contributed by atoms with van der Waals surface area (Å²) in [6.45, 7) is 2.66. The van der Waals surface area contributed by atoms with Gasteiger partial charge >= 0.3 is 12.0 Å².